The summed E-state index contributed by atoms with van der Waals surface area (Å²) in [4.78, 5) is 0. The van der Waals surface area contributed by atoms with Crippen LogP contribution in [-0.2, 0) is 6.54 Å². The highest BCUT2D eigenvalue weighted by Gasteiger charge is 2.09. The fraction of sp³-hybridized carbons (Fsp3) is 0.143. The SMILES string of the molecule is Cc1cc(CNc2c(Cl)ccc3nsnc23)ccc1Br. The van der Waals surface area contributed by atoms with E-state index in [9.17, 15) is 0 Å². The third kappa shape index (κ3) is 2.66. The molecule has 1 N–H and O–H groups in total. The number of aromatic nitrogens is 2. The van der Waals surface area contributed by atoms with Crippen LogP contribution in [0.15, 0.2) is 34.8 Å². The van der Waals surface area contributed by atoms with Crippen molar-refractivity contribution in [3.8, 4) is 0 Å². The zero-order valence-electron chi connectivity index (χ0n) is 10.7. The molecule has 1 heterocycles. The van der Waals surface area contributed by atoms with E-state index >= 15 is 0 Å². The van der Waals surface area contributed by atoms with Crippen molar-refractivity contribution < 1.29 is 0 Å². The van der Waals surface area contributed by atoms with Crippen molar-refractivity contribution in [3.05, 3.63) is 51.0 Å². The number of fused-ring (bicyclic) bond motifs is 1. The van der Waals surface area contributed by atoms with E-state index in [0.717, 1.165) is 21.2 Å². The van der Waals surface area contributed by atoms with Crippen molar-refractivity contribution in [2.24, 2.45) is 0 Å². The zero-order valence-corrected chi connectivity index (χ0v) is 13.8. The van der Waals surface area contributed by atoms with Gasteiger partial charge >= 0.3 is 0 Å². The van der Waals surface area contributed by atoms with E-state index in [2.05, 4.69) is 55.1 Å². The molecule has 0 saturated carbocycles. The van der Waals surface area contributed by atoms with Crippen molar-refractivity contribution in [1.29, 1.82) is 0 Å². The van der Waals surface area contributed by atoms with Crippen molar-refractivity contribution in [2.75, 3.05) is 5.32 Å². The number of nitrogens with zero attached hydrogens (tertiary/aromatic N) is 2. The molecule has 0 bridgehead atoms. The van der Waals surface area contributed by atoms with Gasteiger partial charge in [0.1, 0.15) is 11.0 Å². The highest BCUT2D eigenvalue weighted by molar-refractivity contribution is 9.10. The van der Waals surface area contributed by atoms with Gasteiger partial charge in [0.05, 0.1) is 22.4 Å². The minimum Gasteiger partial charge on any atom is -0.378 e. The first kappa shape index (κ1) is 13.8. The third-order valence-electron chi connectivity index (χ3n) is 3.07. The zero-order chi connectivity index (χ0) is 14.1. The molecule has 0 atom stereocenters. The molecule has 2 aromatic carbocycles. The van der Waals surface area contributed by atoms with Gasteiger partial charge in [-0.1, -0.05) is 39.7 Å². The Kier molecular flexibility index (Phi) is 3.92. The Hall–Kier alpha value is -1.17. The summed E-state index contributed by atoms with van der Waals surface area (Å²) in [7, 11) is 0. The van der Waals surface area contributed by atoms with Crippen LogP contribution in [0.3, 0.4) is 0 Å². The van der Waals surface area contributed by atoms with Gasteiger partial charge in [0, 0.05) is 11.0 Å². The lowest BCUT2D eigenvalue weighted by Crippen LogP contribution is -2.01. The number of anilines is 1. The van der Waals surface area contributed by atoms with E-state index in [1.807, 2.05) is 12.1 Å². The maximum Gasteiger partial charge on any atom is 0.129 e. The van der Waals surface area contributed by atoms with E-state index in [4.69, 9.17) is 11.6 Å². The molecule has 0 amide bonds. The summed E-state index contributed by atoms with van der Waals surface area (Å²) in [5.74, 6) is 0. The molecule has 6 heteroatoms. The fourth-order valence-corrected chi connectivity index (χ4v) is 3.01. The van der Waals surface area contributed by atoms with Crippen LogP contribution in [-0.4, -0.2) is 8.75 Å². The Morgan fingerprint density at radius 2 is 2.10 bits per heavy atom. The highest BCUT2D eigenvalue weighted by atomic mass is 79.9. The second-order valence-corrected chi connectivity index (χ2v) is 6.28. The lowest BCUT2D eigenvalue weighted by molar-refractivity contribution is 1.14. The van der Waals surface area contributed by atoms with Gasteiger partial charge in [0.25, 0.3) is 0 Å². The normalized spacial score (nSPS) is 10.9. The Labute approximate surface area is 134 Å². The van der Waals surface area contributed by atoms with Gasteiger partial charge < -0.3 is 5.32 Å². The lowest BCUT2D eigenvalue weighted by Gasteiger charge is -2.10. The smallest absolute Gasteiger partial charge is 0.129 e. The highest BCUT2D eigenvalue weighted by Crippen LogP contribution is 2.30. The molecular formula is C14H11BrClN3S. The molecule has 0 fully saturated rings. The summed E-state index contributed by atoms with van der Waals surface area (Å²) in [6.07, 6.45) is 0. The maximum absolute atomic E-state index is 6.25. The van der Waals surface area contributed by atoms with E-state index in [1.165, 1.54) is 22.9 Å². The minimum atomic E-state index is 0.666. The van der Waals surface area contributed by atoms with Crippen LogP contribution < -0.4 is 5.32 Å². The number of rotatable bonds is 3. The molecule has 0 aliphatic rings. The molecule has 0 spiro atoms. The van der Waals surface area contributed by atoms with Crippen molar-refractivity contribution in [2.45, 2.75) is 13.5 Å². The molecule has 3 rings (SSSR count). The van der Waals surface area contributed by atoms with Crippen LogP contribution in [0.25, 0.3) is 11.0 Å². The quantitative estimate of drug-likeness (QED) is 0.704. The minimum absolute atomic E-state index is 0.666. The van der Waals surface area contributed by atoms with Crippen molar-refractivity contribution in [3.63, 3.8) is 0 Å². The number of halogens is 2. The first-order valence-corrected chi connectivity index (χ1v) is 7.95. The van der Waals surface area contributed by atoms with Gasteiger partial charge in [0.15, 0.2) is 0 Å². The van der Waals surface area contributed by atoms with Gasteiger partial charge in [-0.15, -0.1) is 0 Å². The summed E-state index contributed by atoms with van der Waals surface area (Å²) >= 11 is 11.0. The summed E-state index contributed by atoms with van der Waals surface area (Å²) in [6, 6.07) is 10.0. The van der Waals surface area contributed by atoms with Gasteiger partial charge in [-0.3, -0.25) is 0 Å². The summed E-state index contributed by atoms with van der Waals surface area (Å²) in [5.41, 5.74) is 4.95. The van der Waals surface area contributed by atoms with Crippen molar-refractivity contribution in [1.82, 2.24) is 8.75 Å². The van der Waals surface area contributed by atoms with Crippen molar-refractivity contribution >= 4 is 56.0 Å². The van der Waals surface area contributed by atoms with Gasteiger partial charge in [-0.2, -0.15) is 8.75 Å². The average molecular weight is 369 g/mol. The van der Waals surface area contributed by atoms with Crippen LogP contribution in [0, 0.1) is 6.92 Å². The number of hydrogen-bond acceptors (Lipinski definition) is 4. The maximum atomic E-state index is 6.25. The van der Waals surface area contributed by atoms with E-state index < -0.39 is 0 Å². The number of nitrogens with one attached hydrogen (secondary N) is 1. The van der Waals surface area contributed by atoms with Crippen LogP contribution >= 0.6 is 39.3 Å². The molecule has 20 heavy (non-hydrogen) atoms. The Morgan fingerprint density at radius 1 is 1.25 bits per heavy atom. The van der Waals surface area contributed by atoms with Gasteiger partial charge in [-0.25, -0.2) is 0 Å². The standard InChI is InChI=1S/C14H11BrClN3S/c1-8-6-9(2-3-10(8)15)7-17-13-11(16)4-5-12-14(13)19-20-18-12/h2-6,17H,7H2,1H3. The molecule has 0 saturated heterocycles. The lowest BCUT2D eigenvalue weighted by atomic mass is 10.1. The van der Waals surface area contributed by atoms with Crippen LogP contribution in [0.5, 0.6) is 0 Å². The molecule has 1 aromatic heterocycles. The largest absolute Gasteiger partial charge is 0.378 e. The summed E-state index contributed by atoms with van der Waals surface area (Å²) < 4.78 is 9.64. The summed E-state index contributed by atoms with van der Waals surface area (Å²) in [6.45, 7) is 2.77. The first-order chi connectivity index (χ1) is 9.65. The van der Waals surface area contributed by atoms with Gasteiger partial charge in [0.2, 0.25) is 0 Å². The summed E-state index contributed by atoms with van der Waals surface area (Å²) in [5, 5.41) is 4.03. The average Bonchev–Trinajstić information content (AvgIpc) is 2.90. The molecule has 3 nitrogen and oxygen atoms in total. The molecule has 3 aromatic rings. The monoisotopic (exact) mass is 367 g/mol. The Balaban J connectivity index is 1.88. The third-order valence-corrected chi connectivity index (χ3v) is 4.82. The van der Waals surface area contributed by atoms with E-state index in [1.54, 1.807) is 0 Å². The van der Waals surface area contributed by atoms with Crippen LogP contribution in [0.1, 0.15) is 11.1 Å². The molecule has 0 unspecified atom stereocenters. The number of aryl methyl sites for hydroxylation is 1. The molecule has 102 valence electrons. The van der Waals surface area contributed by atoms with E-state index in [0.29, 0.717) is 11.6 Å². The molecule has 0 aliphatic carbocycles. The van der Waals surface area contributed by atoms with Gasteiger partial charge in [-0.05, 0) is 36.2 Å². The second-order valence-electron chi connectivity index (χ2n) is 4.49. The Bertz CT molecular complexity index is 772. The topological polar surface area (TPSA) is 37.8 Å². The first-order valence-electron chi connectivity index (χ1n) is 6.05. The molecule has 0 aliphatic heterocycles. The van der Waals surface area contributed by atoms with Crippen LogP contribution in [0.4, 0.5) is 5.69 Å². The number of benzene rings is 2. The second kappa shape index (κ2) is 5.68. The Morgan fingerprint density at radius 3 is 2.90 bits per heavy atom. The van der Waals surface area contributed by atoms with E-state index in [-0.39, 0.29) is 0 Å². The molecular weight excluding hydrogens is 358 g/mol. The fourth-order valence-electron chi connectivity index (χ4n) is 2.00. The van der Waals surface area contributed by atoms with Crippen LogP contribution in [0.2, 0.25) is 5.02 Å². The number of hydrogen-bond donors (Lipinski definition) is 1. The molecule has 0 radical (unpaired) electrons. The predicted octanol–water partition coefficient (Wildman–Crippen LogP) is 5.03. The predicted molar refractivity (Wildman–Crippen MR) is 88.6 cm³/mol.